The number of halogens is 1. The summed E-state index contributed by atoms with van der Waals surface area (Å²) in [6, 6.07) is 24.5. The predicted octanol–water partition coefficient (Wildman–Crippen LogP) is 5.75. The quantitative estimate of drug-likeness (QED) is 0.450. The fourth-order valence-electron chi connectivity index (χ4n) is 3.89. The summed E-state index contributed by atoms with van der Waals surface area (Å²) in [4.78, 5) is 29.0. The monoisotopic (exact) mass is 476 g/mol. The second kappa shape index (κ2) is 11.3. The first-order valence-electron chi connectivity index (χ1n) is 11.6. The molecule has 0 aliphatic carbocycles. The minimum Gasteiger partial charge on any atom is -0.350 e. The molecule has 1 unspecified atom stereocenters. The van der Waals surface area contributed by atoms with E-state index in [4.69, 9.17) is 11.6 Å². The lowest BCUT2D eigenvalue weighted by atomic mass is 9.99. The lowest BCUT2D eigenvalue weighted by molar-refractivity contribution is -0.141. The number of aryl methyl sites for hydroxylation is 1. The van der Waals surface area contributed by atoms with E-state index in [1.165, 1.54) is 0 Å². The molecule has 0 aromatic heterocycles. The molecule has 3 rings (SSSR count). The highest BCUT2D eigenvalue weighted by atomic mass is 35.5. The van der Waals surface area contributed by atoms with E-state index in [0.29, 0.717) is 18.0 Å². The lowest BCUT2D eigenvalue weighted by Crippen LogP contribution is -2.54. The number of benzene rings is 3. The first-order chi connectivity index (χ1) is 16.1. The zero-order valence-corrected chi connectivity index (χ0v) is 21.1. The van der Waals surface area contributed by atoms with Crippen LogP contribution in [0.15, 0.2) is 78.9 Å². The summed E-state index contributed by atoms with van der Waals surface area (Å²) in [5, 5.41) is 3.72. The van der Waals surface area contributed by atoms with E-state index in [-0.39, 0.29) is 18.2 Å². The summed E-state index contributed by atoms with van der Waals surface area (Å²) in [6.07, 6.45) is 0.623. The van der Waals surface area contributed by atoms with Crippen LogP contribution in [0, 0.1) is 6.92 Å². The third-order valence-electron chi connectivity index (χ3n) is 5.47. The summed E-state index contributed by atoms with van der Waals surface area (Å²) in [5.41, 5.74) is 3.55. The van der Waals surface area contributed by atoms with Crippen molar-refractivity contribution in [2.24, 2.45) is 0 Å². The van der Waals surface area contributed by atoms with Gasteiger partial charge in [-0.2, -0.15) is 0 Å². The Kier molecular flexibility index (Phi) is 8.51. The van der Waals surface area contributed by atoms with Gasteiger partial charge in [-0.1, -0.05) is 83.9 Å². The van der Waals surface area contributed by atoms with Gasteiger partial charge in [0.25, 0.3) is 0 Å². The third-order valence-corrected chi connectivity index (χ3v) is 5.73. The summed E-state index contributed by atoms with van der Waals surface area (Å²) >= 11 is 6.03. The van der Waals surface area contributed by atoms with E-state index in [9.17, 15) is 9.59 Å². The first kappa shape index (κ1) is 25.5. The highest BCUT2D eigenvalue weighted by molar-refractivity contribution is 6.30. The van der Waals surface area contributed by atoms with Crippen LogP contribution in [0.5, 0.6) is 0 Å². The highest BCUT2D eigenvalue weighted by Gasteiger charge is 2.32. The molecule has 2 amide bonds. The Bertz CT molecular complexity index is 1100. The Balaban J connectivity index is 1.98. The van der Waals surface area contributed by atoms with E-state index in [1.54, 1.807) is 17.0 Å². The molecule has 4 nitrogen and oxygen atoms in total. The number of carbonyl (C=O) groups is 2. The minimum absolute atomic E-state index is 0.103. The fourth-order valence-corrected chi connectivity index (χ4v) is 4.02. The van der Waals surface area contributed by atoms with Crippen molar-refractivity contribution in [3.05, 3.63) is 106 Å². The zero-order valence-electron chi connectivity index (χ0n) is 20.3. The molecule has 0 heterocycles. The molecule has 3 aromatic rings. The van der Waals surface area contributed by atoms with E-state index in [2.05, 4.69) is 11.4 Å². The largest absolute Gasteiger partial charge is 0.350 e. The topological polar surface area (TPSA) is 49.4 Å². The van der Waals surface area contributed by atoms with Crippen molar-refractivity contribution in [1.82, 2.24) is 10.2 Å². The molecule has 0 saturated carbocycles. The van der Waals surface area contributed by atoms with Crippen LogP contribution in [-0.4, -0.2) is 28.3 Å². The van der Waals surface area contributed by atoms with Gasteiger partial charge in [-0.25, -0.2) is 0 Å². The highest BCUT2D eigenvalue weighted by Crippen LogP contribution is 2.19. The lowest BCUT2D eigenvalue weighted by Gasteiger charge is -2.34. The van der Waals surface area contributed by atoms with Crippen LogP contribution in [-0.2, 0) is 29.0 Å². The molecule has 0 bridgehead atoms. The van der Waals surface area contributed by atoms with Gasteiger partial charge in [0.1, 0.15) is 6.04 Å². The average Bonchev–Trinajstić information content (AvgIpc) is 2.77. The number of carbonyl (C=O) groups excluding carboxylic acids is 2. The maximum atomic E-state index is 13.7. The molecule has 0 spiro atoms. The summed E-state index contributed by atoms with van der Waals surface area (Å²) < 4.78 is 0. The molecule has 178 valence electrons. The Morgan fingerprint density at radius 2 is 1.53 bits per heavy atom. The molecular weight excluding hydrogens is 444 g/mol. The minimum atomic E-state index is -0.651. The number of hydrogen-bond donors (Lipinski definition) is 1. The van der Waals surface area contributed by atoms with Gasteiger partial charge in [0.15, 0.2) is 0 Å². The molecule has 0 radical (unpaired) electrons. The van der Waals surface area contributed by atoms with Gasteiger partial charge in [0.2, 0.25) is 11.8 Å². The molecule has 34 heavy (non-hydrogen) atoms. The van der Waals surface area contributed by atoms with Crippen LogP contribution in [0.25, 0.3) is 0 Å². The normalized spacial score (nSPS) is 12.1. The van der Waals surface area contributed by atoms with Gasteiger partial charge in [0.05, 0.1) is 6.42 Å². The standard InChI is InChI=1S/C29H33ClN2O2/c1-21-9-8-12-24(17-21)20-32(27(33)19-23-13-15-25(30)16-14-23)26(28(34)31-29(2,3)4)18-22-10-6-5-7-11-22/h5-17,26H,18-20H2,1-4H3,(H,31,34). The maximum absolute atomic E-state index is 13.7. The van der Waals surface area contributed by atoms with Gasteiger partial charge < -0.3 is 10.2 Å². The fraction of sp³-hybridized carbons (Fsp3) is 0.310. The second-order valence-corrected chi connectivity index (χ2v) is 10.2. The molecule has 0 aliphatic rings. The van der Waals surface area contributed by atoms with Gasteiger partial charge >= 0.3 is 0 Å². The van der Waals surface area contributed by atoms with E-state index in [0.717, 1.165) is 22.3 Å². The molecule has 1 N–H and O–H groups in total. The van der Waals surface area contributed by atoms with Crippen LogP contribution >= 0.6 is 11.6 Å². The van der Waals surface area contributed by atoms with Crippen molar-refractivity contribution >= 4 is 23.4 Å². The van der Waals surface area contributed by atoms with Crippen LogP contribution < -0.4 is 5.32 Å². The Morgan fingerprint density at radius 3 is 2.15 bits per heavy atom. The molecular formula is C29H33ClN2O2. The average molecular weight is 477 g/mol. The zero-order chi connectivity index (χ0) is 24.7. The molecule has 0 aliphatic heterocycles. The predicted molar refractivity (Wildman–Crippen MR) is 139 cm³/mol. The van der Waals surface area contributed by atoms with Gasteiger partial charge in [-0.05, 0) is 56.5 Å². The van der Waals surface area contributed by atoms with Crippen LogP contribution in [0.1, 0.15) is 43.0 Å². The van der Waals surface area contributed by atoms with E-state index < -0.39 is 11.6 Å². The van der Waals surface area contributed by atoms with E-state index >= 15 is 0 Å². The van der Waals surface area contributed by atoms with Crippen molar-refractivity contribution < 1.29 is 9.59 Å². The summed E-state index contributed by atoms with van der Waals surface area (Å²) in [7, 11) is 0. The smallest absolute Gasteiger partial charge is 0.243 e. The van der Waals surface area contributed by atoms with Gasteiger partial charge in [-0.3, -0.25) is 9.59 Å². The molecule has 0 fully saturated rings. The summed E-state index contributed by atoms with van der Waals surface area (Å²) in [6.45, 7) is 8.22. The first-order valence-corrected chi connectivity index (χ1v) is 11.9. The van der Waals surface area contributed by atoms with Crippen molar-refractivity contribution in [1.29, 1.82) is 0 Å². The van der Waals surface area contributed by atoms with Crippen LogP contribution in [0.3, 0.4) is 0 Å². The SMILES string of the molecule is Cc1cccc(CN(C(=O)Cc2ccc(Cl)cc2)C(Cc2ccccc2)C(=O)NC(C)(C)C)c1. The maximum Gasteiger partial charge on any atom is 0.243 e. The molecule has 0 saturated heterocycles. The molecule has 3 aromatic carbocycles. The van der Waals surface area contributed by atoms with Crippen LogP contribution in [0.2, 0.25) is 5.02 Å². The number of hydrogen-bond acceptors (Lipinski definition) is 2. The van der Waals surface area contributed by atoms with Crippen LogP contribution in [0.4, 0.5) is 0 Å². The number of rotatable bonds is 8. The van der Waals surface area contributed by atoms with E-state index in [1.807, 2.05) is 88.4 Å². The Labute approximate surface area is 207 Å². The number of nitrogens with one attached hydrogen (secondary N) is 1. The van der Waals surface area contributed by atoms with Gasteiger partial charge in [0, 0.05) is 23.5 Å². The number of amides is 2. The molecule has 1 atom stereocenters. The molecule has 5 heteroatoms. The number of nitrogens with zero attached hydrogens (tertiary/aromatic N) is 1. The van der Waals surface area contributed by atoms with Crippen molar-refractivity contribution in [3.8, 4) is 0 Å². The van der Waals surface area contributed by atoms with Crippen molar-refractivity contribution in [3.63, 3.8) is 0 Å². The Hall–Kier alpha value is -3.11. The van der Waals surface area contributed by atoms with Gasteiger partial charge in [-0.15, -0.1) is 0 Å². The van der Waals surface area contributed by atoms with Crippen molar-refractivity contribution in [2.75, 3.05) is 0 Å². The summed E-state index contributed by atoms with van der Waals surface area (Å²) in [5.74, 6) is -0.262. The van der Waals surface area contributed by atoms with Crippen molar-refractivity contribution in [2.45, 2.75) is 58.7 Å². The third kappa shape index (κ3) is 7.74. The second-order valence-electron chi connectivity index (χ2n) is 9.76. The Morgan fingerprint density at radius 1 is 0.882 bits per heavy atom.